The van der Waals surface area contributed by atoms with Crippen molar-refractivity contribution in [2.75, 3.05) is 14.7 Å². The van der Waals surface area contributed by atoms with Crippen molar-refractivity contribution in [1.29, 1.82) is 0 Å². The number of furan rings is 1. The van der Waals surface area contributed by atoms with Crippen molar-refractivity contribution >= 4 is 83.9 Å². The summed E-state index contributed by atoms with van der Waals surface area (Å²) >= 11 is 0. The highest BCUT2D eigenvalue weighted by atomic mass is 16.3. The fourth-order valence-corrected chi connectivity index (χ4v) is 8.80. The number of nitrogens with zero attached hydrogens (tertiary/aromatic N) is 3. The highest BCUT2D eigenvalue weighted by Crippen LogP contribution is 2.47. The van der Waals surface area contributed by atoms with Gasteiger partial charge in [-0.1, -0.05) is 140 Å². The lowest BCUT2D eigenvalue weighted by Gasteiger charge is -2.30. The molecule has 294 valence electrons. The maximum atomic E-state index is 6.27. The van der Waals surface area contributed by atoms with Crippen LogP contribution in [0.5, 0.6) is 0 Å². The van der Waals surface area contributed by atoms with Gasteiger partial charge in [-0.2, -0.15) is 0 Å². The molecule has 0 aliphatic rings. The summed E-state index contributed by atoms with van der Waals surface area (Å²) in [7, 11) is 0. The average Bonchev–Trinajstić information content (AvgIpc) is 3.72. The van der Waals surface area contributed by atoms with E-state index >= 15 is 0 Å². The fraction of sp³-hybridized carbons (Fsp3) is 0. The van der Waals surface area contributed by atoms with Gasteiger partial charge >= 0.3 is 0 Å². The Morgan fingerprint density at radius 1 is 0.242 bits per heavy atom. The fourth-order valence-electron chi connectivity index (χ4n) is 8.80. The lowest BCUT2D eigenvalue weighted by Crippen LogP contribution is -2.13. The standard InChI is InChI=1S/C58H41N3O/c1-6-20-43(21-7-1)59(44-22-8-2-9-23-44)49-38-42(39-50(40-49)60(45-24-10-3-11-25-45)46-26-12-4-13-27-46)51-35-36-56(53-31-17-16-30-52(51)53)61(47-28-14-5-15-29-47)48-34-37-58-55(41-48)54-32-18-19-33-57(54)62-58/h1-41H. The van der Waals surface area contributed by atoms with Crippen LogP contribution in [0.1, 0.15) is 0 Å². The Hall–Kier alpha value is -8.34. The van der Waals surface area contributed by atoms with Gasteiger partial charge in [0.2, 0.25) is 0 Å². The summed E-state index contributed by atoms with van der Waals surface area (Å²) in [5.41, 5.74) is 13.6. The van der Waals surface area contributed by atoms with Crippen molar-refractivity contribution in [3.8, 4) is 11.1 Å². The van der Waals surface area contributed by atoms with E-state index < -0.39 is 0 Å². The SMILES string of the molecule is c1ccc(N(c2ccccc2)c2cc(-c3ccc(N(c4ccccc4)c4ccc5oc6ccccc6c5c4)c4ccccc34)cc(N(c3ccccc3)c3ccccc3)c2)cc1. The van der Waals surface area contributed by atoms with Crippen LogP contribution in [0.2, 0.25) is 0 Å². The van der Waals surface area contributed by atoms with Crippen molar-refractivity contribution in [2.24, 2.45) is 0 Å². The summed E-state index contributed by atoms with van der Waals surface area (Å²) in [6.45, 7) is 0. The van der Waals surface area contributed by atoms with E-state index in [2.05, 4.69) is 251 Å². The molecule has 11 rings (SSSR count). The molecule has 0 aliphatic heterocycles. The van der Waals surface area contributed by atoms with Crippen LogP contribution in [0.25, 0.3) is 43.8 Å². The number of hydrogen-bond donors (Lipinski definition) is 0. The molecular formula is C58H41N3O. The molecular weight excluding hydrogens is 755 g/mol. The molecule has 10 aromatic carbocycles. The van der Waals surface area contributed by atoms with Crippen molar-refractivity contribution in [1.82, 2.24) is 0 Å². The van der Waals surface area contributed by atoms with E-state index in [9.17, 15) is 0 Å². The molecule has 0 unspecified atom stereocenters. The zero-order chi connectivity index (χ0) is 41.2. The third-order valence-electron chi connectivity index (χ3n) is 11.6. The first-order valence-electron chi connectivity index (χ1n) is 21.0. The van der Waals surface area contributed by atoms with Gasteiger partial charge in [0.25, 0.3) is 0 Å². The summed E-state index contributed by atoms with van der Waals surface area (Å²) in [6, 6.07) is 88.4. The largest absolute Gasteiger partial charge is 0.456 e. The number of fused-ring (bicyclic) bond motifs is 4. The van der Waals surface area contributed by atoms with E-state index in [0.717, 1.165) is 95.0 Å². The van der Waals surface area contributed by atoms with Gasteiger partial charge in [-0.3, -0.25) is 0 Å². The summed E-state index contributed by atoms with van der Waals surface area (Å²) in [4.78, 5) is 7.07. The third-order valence-corrected chi connectivity index (χ3v) is 11.6. The molecule has 0 spiro atoms. The first-order valence-corrected chi connectivity index (χ1v) is 21.0. The molecule has 1 aromatic heterocycles. The monoisotopic (exact) mass is 795 g/mol. The highest BCUT2D eigenvalue weighted by Gasteiger charge is 2.22. The zero-order valence-corrected chi connectivity index (χ0v) is 33.9. The van der Waals surface area contributed by atoms with Crippen molar-refractivity contribution in [3.05, 3.63) is 249 Å². The van der Waals surface area contributed by atoms with E-state index in [-0.39, 0.29) is 0 Å². The Bertz CT molecular complexity index is 3120. The number of rotatable bonds is 10. The quantitative estimate of drug-likeness (QED) is 0.138. The summed E-state index contributed by atoms with van der Waals surface area (Å²) < 4.78 is 6.27. The van der Waals surface area contributed by atoms with Crippen molar-refractivity contribution in [2.45, 2.75) is 0 Å². The molecule has 4 heteroatoms. The van der Waals surface area contributed by atoms with Gasteiger partial charge in [0.15, 0.2) is 0 Å². The first kappa shape index (κ1) is 36.7. The number of para-hydroxylation sites is 6. The van der Waals surface area contributed by atoms with Gasteiger partial charge in [0.1, 0.15) is 11.2 Å². The minimum absolute atomic E-state index is 0.874. The van der Waals surface area contributed by atoms with Gasteiger partial charge in [-0.25, -0.2) is 0 Å². The van der Waals surface area contributed by atoms with E-state index in [1.807, 2.05) is 12.1 Å². The maximum absolute atomic E-state index is 6.27. The average molecular weight is 796 g/mol. The second-order valence-electron chi connectivity index (χ2n) is 15.4. The van der Waals surface area contributed by atoms with E-state index in [0.29, 0.717) is 0 Å². The van der Waals surface area contributed by atoms with E-state index in [1.54, 1.807) is 0 Å². The van der Waals surface area contributed by atoms with Crippen LogP contribution in [0.4, 0.5) is 51.2 Å². The molecule has 0 bridgehead atoms. The Labute approximate surface area is 361 Å². The normalized spacial score (nSPS) is 11.2. The van der Waals surface area contributed by atoms with Gasteiger partial charge in [0, 0.05) is 61.7 Å². The van der Waals surface area contributed by atoms with Gasteiger partial charge in [0.05, 0.1) is 5.69 Å². The number of anilines is 9. The van der Waals surface area contributed by atoms with E-state index in [4.69, 9.17) is 4.42 Å². The summed E-state index contributed by atoms with van der Waals surface area (Å²) in [6.07, 6.45) is 0. The Balaban J connectivity index is 1.15. The molecule has 4 nitrogen and oxygen atoms in total. The minimum atomic E-state index is 0.874. The Morgan fingerprint density at radius 3 is 1.18 bits per heavy atom. The molecule has 0 N–H and O–H groups in total. The van der Waals surface area contributed by atoms with Crippen molar-refractivity contribution < 1.29 is 4.42 Å². The van der Waals surface area contributed by atoms with Crippen LogP contribution in [-0.2, 0) is 0 Å². The van der Waals surface area contributed by atoms with Crippen LogP contribution in [-0.4, -0.2) is 0 Å². The van der Waals surface area contributed by atoms with Crippen LogP contribution >= 0.6 is 0 Å². The second kappa shape index (κ2) is 16.0. The van der Waals surface area contributed by atoms with Crippen LogP contribution in [0.3, 0.4) is 0 Å². The van der Waals surface area contributed by atoms with Crippen LogP contribution in [0, 0.1) is 0 Å². The predicted octanol–water partition coefficient (Wildman–Crippen LogP) is 16.8. The lowest BCUT2D eigenvalue weighted by molar-refractivity contribution is 0.669. The summed E-state index contributed by atoms with van der Waals surface area (Å²) in [5, 5.41) is 4.49. The number of benzene rings is 10. The summed E-state index contributed by atoms with van der Waals surface area (Å²) in [5.74, 6) is 0. The highest BCUT2D eigenvalue weighted by molar-refractivity contribution is 6.09. The Morgan fingerprint density at radius 2 is 0.661 bits per heavy atom. The molecule has 0 radical (unpaired) electrons. The molecule has 0 fully saturated rings. The molecule has 0 saturated carbocycles. The molecule has 0 atom stereocenters. The third kappa shape index (κ3) is 6.80. The predicted molar refractivity (Wildman–Crippen MR) is 261 cm³/mol. The first-order chi connectivity index (χ1) is 30.8. The number of hydrogen-bond acceptors (Lipinski definition) is 4. The topological polar surface area (TPSA) is 22.9 Å². The lowest BCUT2D eigenvalue weighted by atomic mass is 9.95. The molecule has 11 aromatic rings. The van der Waals surface area contributed by atoms with Crippen LogP contribution < -0.4 is 14.7 Å². The minimum Gasteiger partial charge on any atom is -0.456 e. The van der Waals surface area contributed by atoms with Gasteiger partial charge in [-0.05, 0) is 126 Å². The maximum Gasteiger partial charge on any atom is 0.135 e. The smallest absolute Gasteiger partial charge is 0.135 e. The van der Waals surface area contributed by atoms with Gasteiger partial charge < -0.3 is 19.1 Å². The Kier molecular flexibility index (Phi) is 9.49. The zero-order valence-electron chi connectivity index (χ0n) is 33.9. The molecule has 1 heterocycles. The van der Waals surface area contributed by atoms with Crippen LogP contribution in [0.15, 0.2) is 253 Å². The van der Waals surface area contributed by atoms with Crippen molar-refractivity contribution in [3.63, 3.8) is 0 Å². The molecule has 0 aliphatic carbocycles. The molecule has 0 saturated heterocycles. The van der Waals surface area contributed by atoms with Gasteiger partial charge in [-0.15, -0.1) is 0 Å². The molecule has 62 heavy (non-hydrogen) atoms. The van der Waals surface area contributed by atoms with E-state index in [1.165, 1.54) is 0 Å². The second-order valence-corrected chi connectivity index (χ2v) is 15.4. The molecule has 0 amide bonds.